The summed E-state index contributed by atoms with van der Waals surface area (Å²) < 4.78 is 0. The predicted octanol–water partition coefficient (Wildman–Crippen LogP) is 22.6. The predicted molar refractivity (Wildman–Crippen MR) is 429 cm³/mol. The third kappa shape index (κ3) is 34.4. The van der Waals surface area contributed by atoms with Gasteiger partial charge in [-0.25, -0.2) is 0 Å². The molecule has 0 fully saturated rings. The molecule has 4 heterocycles. The van der Waals surface area contributed by atoms with Gasteiger partial charge in [-0.1, -0.05) is 184 Å². The van der Waals surface area contributed by atoms with Gasteiger partial charge in [-0.3, -0.25) is 39.1 Å². The van der Waals surface area contributed by atoms with E-state index in [2.05, 4.69) is 214 Å². The van der Waals surface area contributed by atoms with Crippen molar-refractivity contribution in [2.45, 2.75) is 131 Å². The van der Waals surface area contributed by atoms with Crippen molar-refractivity contribution in [3.8, 4) is 45.0 Å². The van der Waals surface area contributed by atoms with Crippen LogP contribution in [0.1, 0.15) is 119 Å². The van der Waals surface area contributed by atoms with Crippen molar-refractivity contribution in [1.29, 1.82) is 0 Å². The molecule has 4 aromatic heterocycles. The van der Waals surface area contributed by atoms with Gasteiger partial charge in [0.25, 0.3) is 0 Å². The van der Waals surface area contributed by atoms with Crippen LogP contribution in [0.25, 0.3) is 88.6 Å². The Morgan fingerprint density at radius 3 is 1.18 bits per heavy atom. The zero-order valence-electron chi connectivity index (χ0n) is 64.5. The summed E-state index contributed by atoms with van der Waals surface area (Å²) in [6.45, 7) is 32.7. The van der Waals surface area contributed by atoms with Gasteiger partial charge in [0, 0.05) is 105 Å². The second kappa shape index (κ2) is 49.0. The Kier molecular flexibility index (Phi) is 43.9. The minimum absolute atomic E-state index is 0. The van der Waals surface area contributed by atoms with Gasteiger partial charge in [-0.15, -0.1) is 140 Å². The maximum absolute atomic E-state index is 10.0. The molecule has 0 aliphatic carbocycles. The van der Waals surface area contributed by atoms with E-state index in [-0.39, 0.29) is 127 Å². The molecule has 0 unspecified atom stereocenters. The zero-order chi connectivity index (χ0) is 76.7. The van der Waals surface area contributed by atoms with Crippen molar-refractivity contribution in [2.75, 3.05) is 0 Å². The fraction of sp³-hybridized carbons (Fsp3) is 0.217. The average Bonchev–Trinajstić information content (AvgIpc) is 0.828. The number of aliphatic hydroxyl groups excluding tert-OH is 4. The van der Waals surface area contributed by atoms with Crippen molar-refractivity contribution >= 4 is 66.7 Å². The number of aromatic nitrogens is 4. The van der Waals surface area contributed by atoms with Gasteiger partial charge >= 0.3 is 0 Å². The summed E-state index contributed by atoms with van der Waals surface area (Å²) in [6.07, 6.45) is 5.76. The average molecular weight is 2150 g/mol. The maximum atomic E-state index is 10.0. The summed E-state index contributed by atoms with van der Waals surface area (Å²) >= 11 is 0. The van der Waals surface area contributed by atoms with E-state index in [9.17, 15) is 19.2 Å². The summed E-state index contributed by atoms with van der Waals surface area (Å²) in [4.78, 5) is 59.0. The summed E-state index contributed by atoms with van der Waals surface area (Å²) in [5.41, 5.74) is 23.7. The van der Waals surface area contributed by atoms with Crippen molar-refractivity contribution in [1.82, 2.24) is 19.9 Å². The van der Waals surface area contributed by atoms with E-state index < -0.39 is 0 Å². The van der Waals surface area contributed by atoms with E-state index >= 15 is 0 Å². The number of para-hydroxylation sites is 3. The van der Waals surface area contributed by atoms with Gasteiger partial charge in [-0.2, -0.15) is 0 Å². The first-order chi connectivity index (χ1) is 49.2. The Balaban J connectivity index is 0.000000639. The molecule has 12 aromatic rings. The first-order valence-electron chi connectivity index (χ1n) is 34.2. The smallest absolute Gasteiger partial charge is 0.155 e. The standard InChI is InChI=1S/C21H22N.3C17H14N.4C5H8O2.4Ir/c1-14(2)9-17-5-6-18-7-8-20(22-21(18)13-17)19-11-15(3)10-16(4)12-19;1-12-6-5-8-15(13(12)2)17-11-10-14-7-3-4-9-16(14)18-17;1-12-7-9-15(13(2)11-12)17-10-8-14-5-3-4-6-16(14)18-17;1-12-7-8-15(11-13(12)2)17-10-9-14-5-3-4-6-16(14)18-17;4*1-4(6)3-5(2)7;;;;/h5-8,10-11,13-14H,9H2,1-4H3;3-7,9-11H,1-2H3;3-8,10-11H,1-2H3;3-7,9-11H,1-2H3;4*3,6H,1-2H3;;;;/q4*-1;;;;;;;;. The summed E-state index contributed by atoms with van der Waals surface area (Å²) in [5, 5.41) is 38.2. The number of pyridine rings is 4. The Bertz CT molecular complexity index is 4950. The van der Waals surface area contributed by atoms with Crippen molar-refractivity contribution in [2.24, 2.45) is 5.92 Å². The van der Waals surface area contributed by atoms with Crippen LogP contribution in [-0.2, 0) is 106 Å². The van der Waals surface area contributed by atoms with E-state index in [1.807, 2.05) is 72.8 Å². The molecule has 0 aliphatic rings. The number of aliphatic hydroxyl groups is 4. The van der Waals surface area contributed by atoms with E-state index in [4.69, 9.17) is 35.4 Å². The number of allylic oxidation sites excluding steroid dienone is 8. The van der Waals surface area contributed by atoms with Crippen LogP contribution in [0.2, 0.25) is 0 Å². The second-order valence-electron chi connectivity index (χ2n) is 25.9. The molecule has 0 aliphatic heterocycles. The molecule has 12 nitrogen and oxygen atoms in total. The van der Waals surface area contributed by atoms with Crippen LogP contribution >= 0.6 is 0 Å². The number of rotatable bonds is 10. The normalized spacial score (nSPS) is 10.7. The minimum Gasteiger partial charge on any atom is -0.512 e. The Hall–Kier alpha value is -9.16. The van der Waals surface area contributed by atoms with Crippen LogP contribution in [0, 0.1) is 85.6 Å². The summed E-state index contributed by atoms with van der Waals surface area (Å²) in [6, 6.07) is 78.0. The molecule has 0 saturated carbocycles. The fourth-order valence-corrected chi connectivity index (χ4v) is 10.5. The van der Waals surface area contributed by atoms with Crippen LogP contribution in [-0.4, -0.2) is 63.5 Å². The molecule has 4 N–H and O–H groups in total. The van der Waals surface area contributed by atoms with Gasteiger partial charge in [0.2, 0.25) is 0 Å². The Labute approximate surface area is 692 Å². The number of ketones is 4. The molecule has 16 heteroatoms. The van der Waals surface area contributed by atoms with Gasteiger partial charge in [0.15, 0.2) is 23.1 Å². The minimum atomic E-state index is -0.125. The third-order valence-electron chi connectivity index (χ3n) is 15.3. The molecule has 0 atom stereocenters. The van der Waals surface area contributed by atoms with Crippen molar-refractivity contribution in [3.05, 3.63) is 310 Å². The Morgan fingerprint density at radius 1 is 0.370 bits per heavy atom. The van der Waals surface area contributed by atoms with Crippen LogP contribution in [0.3, 0.4) is 0 Å². The monoisotopic (exact) mass is 2160 g/mol. The quantitative estimate of drug-likeness (QED) is 0.0574. The number of nitrogens with zero attached hydrogens (tertiary/aromatic N) is 4. The first kappa shape index (κ1) is 96.8. The molecule has 108 heavy (non-hydrogen) atoms. The van der Waals surface area contributed by atoms with Gasteiger partial charge in [0.1, 0.15) is 0 Å². The van der Waals surface area contributed by atoms with Crippen LogP contribution in [0.15, 0.2) is 235 Å². The molecule has 0 spiro atoms. The number of aryl methyl sites for hydroxylation is 7. The SMILES string of the molecule is CC(=O)C=C(C)O.CC(=O)C=C(C)O.CC(=O)C=C(C)O.CC(=O)C=C(C)O.Cc1[c-]c(-c2ccc3ccc(CC(C)C)cc3n2)cc(C)c1.Cc1c[c-]c(-c2ccc3ccccc3n2)c(C)c1.Cc1c[c-]c(-c2ccc3ccccc3n2)cc1C.Cc1cc[c-]c(-c2ccc3ccccc3n2)c1C.[Ir].[Ir].[Ir].[Ir]. The van der Waals surface area contributed by atoms with Crippen molar-refractivity contribution < 1.29 is 120 Å². The van der Waals surface area contributed by atoms with E-state index in [1.165, 1.54) is 146 Å². The first-order valence-corrected chi connectivity index (χ1v) is 34.2. The van der Waals surface area contributed by atoms with E-state index in [0.717, 1.165) is 79.1 Å². The van der Waals surface area contributed by atoms with Crippen LogP contribution in [0.5, 0.6) is 0 Å². The number of hydrogen-bond donors (Lipinski definition) is 4. The molecule has 12 rings (SSSR count). The number of benzene rings is 8. The molecular weight excluding hydrogens is 2060 g/mol. The number of fused-ring (bicyclic) bond motifs is 4. The molecular formula is C92H96Ir4N4O8-4. The van der Waals surface area contributed by atoms with Gasteiger partial charge < -0.3 is 20.4 Å². The molecule has 0 amide bonds. The summed E-state index contributed by atoms with van der Waals surface area (Å²) in [7, 11) is 0. The largest absolute Gasteiger partial charge is 0.512 e. The molecule has 8 aromatic carbocycles. The van der Waals surface area contributed by atoms with Crippen LogP contribution < -0.4 is 0 Å². The van der Waals surface area contributed by atoms with Gasteiger partial charge in [0.05, 0.1) is 45.1 Å². The fourth-order valence-electron chi connectivity index (χ4n) is 10.5. The van der Waals surface area contributed by atoms with Gasteiger partial charge in [-0.05, 0) is 142 Å². The number of carbonyl (C=O) groups is 4. The Morgan fingerprint density at radius 2 is 0.769 bits per heavy atom. The topological polar surface area (TPSA) is 201 Å². The number of hydrogen-bond acceptors (Lipinski definition) is 12. The summed E-state index contributed by atoms with van der Waals surface area (Å²) in [5.74, 6) is 0.411. The third-order valence-corrected chi connectivity index (χ3v) is 15.3. The molecule has 572 valence electrons. The zero-order valence-corrected chi connectivity index (χ0v) is 74.1. The van der Waals surface area contributed by atoms with E-state index in [1.54, 1.807) is 0 Å². The maximum Gasteiger partial charge on any atom is 0.155 e. The second-order valence-corrected chi connectivity index (χ2v) is 25.9. The number of carbonyl (C=O) groups excluding carboxylic acids is 4. The molecule has 0 saturated heterocycles. The molecule has 4 radical (unpaired) electrons. The molecule has 0 bridgehead atoms. The van der Waals surface area contributed by atoms with Crippen LogP contribution in [0.4, 0.5) is 0 Å². The van der Waals surface area contributed by atoms with Crippen molar-refractivity contribution in [3.63, 3.8) is 0 Å². The van der Waals surface area contributed by atoms with E-state index in [0.29, 0.717) is 5.92 Å².